The summed E-state index contributed by atoms with van der Waals surface area (Å²) < 4.78 is -0.621. The van der Waals surface area contributed by atoms with Crippen LogP contribution < -0.4 is 0 Å². The Labute approximate surface area is 122 Å². The number of alkyl halides is 3. The second-order valence-electron chi connectivity index (χ2n) is 3.27. The van der Waals surface area contributed by atoms with E-state index in [0.717, 1.165) is 0 Å². The highest BCUT2D eigenvalue weighted by atomic mass is 80.0. The summed E-state index contributed by atoms with van der Waals surface area (Å²) in [6, 6.07) is 3.34. The highest BCUT2D eigenvalue weighted by Crippen LogP contribution is 2.43. The van der Waals surface area contributed by atoms with Crippen LogP contribution in [0.2, 0.25) is 0 Å². The van der Waals surface area contributed by atoms with Gasteiger partial charge in [0.05, 0.1) is 17.0 Å². The lowest BCUT2D eigenvalue weighted by Crippen LogP contribution is -2.19. The molecule has 86 valence electrons. The van der Waals surface area contributed by atoms with Crippen molar-refractivity contribution < 1.29 is 9.58 Å². The van der Waals surface area contributed by atoms with Gasteiger partial charge in [0.15, 0.2) is 2.14 Å². The number of hydrogen-bond donors (Lipinski definition) is 0. The molecule has 1 aliphatic carbocycles. The fourth-order valence-electron chi connectivity index (χ4n) is 1.40. The predicted molar refractivity (Wildman–Crippen MR) is 74.7 cm³/mol. The molecule has 0 aliphatic heterocycles. The van der Waals surface area contributed by atoms with Gasteiger partial charge < -0.3 is 5.53 Å². The molecule has 0 fully saturated rings. The van der Waals surface area contributed by atoms with Crippen molar-refractivity contribution in [2.75, 3.05) is 0 Å². The predicted octanol–water partition coefficient (Wildman–Crippen LogP) is 3.26. The van der Waals surface area contributed by atoms with Crippen molar-refractivity contribution in [3.8, 4) is 0 Å². The first-order valence-corrected chi connectivity index (χ1v) is 6.84. The first-order valence-electron chi connectivity index (χ1n) is 4.46. The van der Waals surface area contributed by atoms with Crippen LogP contribution >= 0.6 is 47.8 Å². The van der Waals surface area contributed by atoms with E-state index in [-0.39, 0.29) is 11.5 Å². The molecule has 0 saturated heterocycles. The summed E-state index contributed by atoms with van der Waals surface area (Å²) in [6.45, 7) is 0. The molecule has 1 heterocycles. The van der Waals surface area contributed by atoms with Gasteiger partial charge in [-0.3, -0.25) is 4.79 Å². The van der Waals surface area contributed by atoms with E-state index in [1.807, 2.05) is 0 Å². The second-order valence-corrected chi connectivity index (χ2v) is 10.0. The zero-order valence-electron chi connectivity index (χ0n) is 8.19. The molecule has 0 bridgehead atoms. The van der Waals surface area contributed by atoms with E-state index in [0.29, 0.717) is 17.0 Å². The minimum atomic E-state index is -0.621. The van der Waals surface area contributed by atoms with Crippen molar-refractivity contribution in [1.29, 1.82) is 0 Å². The van der Waals surface area contributed by atoms with E-state index in [2.05, 4.69) is 57.6 Å². The number of pyridine rings is 1. The zero-order valence-corrected chi connectivity index (χ0v) is 13.0. The molecule has 0 spiro atoms. The van der Waals surface area contributed by atoms with Gasteiger partial charge in [0.25, 0.3) is 5.78 Å². The maximum atomic E-state index is 11.8. The molecule has 1 aromatic rings. The average Bonchev–Trinajstić information content (AvgIpc) is 2.28. The molecule has 7 heteroatoms. The quantitative estimate of drug-likeness (QED) is 0.366. The molecule has 1 aromatic heterocycles. The van der Waals surface area contributed by atoms with Crippen molar-refractivity contribution in [2.24, 2.45) is 0 Å². The van der Waals surface area contributed by atoms with Crippen molar-refractivity contribution in [2.45, 2.75) is 2.14 Å². The monoisotopic (exact) mass is 419 g/mol. The van der Waals surface area contributed by atoms with Gasteiger partial charge in [0.1, 0.15) is 0 Å². The third-order valence-corrected chi connectivity index (χ3v) is 3.42. The Morgan fingerprint density at radius 2 is 1.94 bits per heavy atom. The number of ketones is 1. The van der Waals surface area contributed by atoms with Crippen LogP contribution in [-0.4, -0.2) is 21.3 Å². The third kappa shape index (κ3) is 2.47. The Balaban J connectivity index is 2.58. The number of Topliss-reactive ketones (excluding diaryl/α,β-unsaturated/α-hetero) is 1. The third-order valence-electron chi connectivity index (χ3n) is 2.20. The molecule has 0 amide bonds. The smallest absolute Gasteiger partial charge is 0.361 e. The lowest BCUT2D eigenvalue weighted by atomic mass is 9.99. The number of rotatable bonds is 0. The number of aromatic nitrogens is 1. The summed E-state index contributed by atoms with van der Waals surface area (Å²) in [6.07, 6.45) is 3.06. The Hall–Kier alpha value is -0.620. The molecule has 0 unspecified atom stereocenters. The lowest BCUT2D eigenvalue weighted by molar-refractivity contribution is -0.00436. The summed E-state index contributed by atoms with van der Waals surface area (Å²) in [7, 11) is 0. The molecule has 17 heavy (non-hydrogen) atoms. The van der Waals surface area contributed by atoms with Gasteiger partial charge in [0.2, 0.25) is 0 Å². The van der Waals surface area contributed by atoms with Gasteiger partial charge in [-0.2, -0.15) is 4.79 Å². The molecule has 4 nitrogen and oxygen atoms in total. The summed E-state index contributed by atoms with van der Waals surface area (Å²) in [4.78, 5) is 19.0. The first-order chi connectivity index (χ1) is 7.93. The minimum Gasteiger partial charge on any atom is -0.361 e. The Bertz CT molecular complexity index is 583. The van der Waals surface area contributed by atoms with Crippen LogP contribution in [0.15, 0.2) is 18.2 Å². The summed E-state index contributed by atoms with van der Waals surface area (Å²) >= 11 is 10.1. The summed E-state index contributed by atoms with van der Waals surface area (Å²) in [5.74, 6) is -0.339. The van der Waals surface area contributed by atoms with E-state index in [9.17, 15) is 4.79 Å². The molecule has 0 aromatic carbocycles. The SMILES string of the molecule is [N-]=[N+]=C1C=Cc2nc(C(Br)(Br)Br)ccc2C1=O. The van der Waals surface area contributed by atoms with Crippen molar-refractivity contribution in [3.63, 3.8) is 0 Å². The fourth-order valence-corrected chi connectivity index (χ4v) is 2.06. The largest absolute Gasteiger partial charge is 0.362 e. The molecule has 0 radical (unpaired) electrons. The van der Waals surface area contributed by atoms with Gasteiger partial charge in [-0.15, -0.1) is 0 Å². The lowest BCUT2D eigenvalue weighted by Gasteiger charge is -2.14. The standard InChI is InChI=1S/C10H4Br3N3O/c11-10(12,13)8-4-1-5-6(15-8)2-3-7(16-14)9(5)17/h1-4H. The van der Waals surface area contributed by atoms with E-state index < -0.39 is 2.14 Å². The van der Waals surface area contributed by atoms with E-state index in [4.69, 9.17) is 5.53 Å². The molecule has 1 aliphatic rings. The van der Waals surface area contributed by atoms with E-state index in [1.54, 1.807) is 18.2 Å². The maximum absolute atomic E-state index is 11.8. The topological polar surface area (TPSA) is 66.4 Å². The maximum Gasteiger partial charge on any atom is 0.362 e. The summed E-state index contributed by atoms with van der Waals surface area (Å²) in [5.41, 5.74) is 10.3. The van der Waals surface area contributed by atoms with Crippen molar-refractivity contribution in [1.82, 2.24) is 4.98 Å². The number of carbonyl (C=O) groups excluding carboxylic acids is 1. The van der Waals surface area contributed by atoms with Gasteiger partial charge in [-0.1, -0.05) is 47.8 Å². The van der Waals surface area contributed by atoms with Crippen LogP contribution in [-0.2, 0) is 2.14 Å². The van der Waals surface area contributed by atoms with E-state index >= 15 is 0 Å². The van der Waals surface area contributed by atoms with Gasteiger partial charge in [-0.25, -0.2) is 4.98 Å². The zero-order chi connectivity index (χ0) is 12.6. The van der Waals surface area contributed by atoms with Gasteiger partial charge in [0, 0.05) is 6.08 Å². The van der Waals surface area contributed by atoms with Crippen LogP contribution in [0, 0.1) is 0 Å². The summed E-state index contributed by atoms with van der Waals surface area (Å²) in [5, 5.41) is 0. The highest BCUT2D eigenvalue weighted by Gasteiger charge is 2.29. The Morgan fingerprint density at radius 3 is 2.53 bits per heavy atom. The number of allylic oxidation sites excluding steroid dienone is 1. The molecule has 0 atom stereocenters. The second kappa shape index (κ2) is 4.57. The fraction of sp³-hybridized carbons (Fsp3) is 0.100. The van der Waals surface area contributed by atoms with Gasteiger partial charge >= 0.3 is 5.71 Å². The van der Waals surface area contributed by atoms with Crippen LogP contribution in [0.5, 0.6) is 0 Å². The highest BCUT2D eigenvalue weighted by molar-refractivity contribution is 9.38. The Morgan fingerprint density at radius 1 is 1.24 bits per heavy atom. The normalized spacial score (nSPS) is 14.5. The number of fused-ring (bicyclic) bond motifs is 1. The minimum absolute atomic E-state index is 0.00911. The van der Waals surface area contributed by atoms with Crippen molar-refractivity contribution >= 4 is 65.4 Å². The number of halogens is 3. The molecule has 2 rings (SSSR count). The number of hydrogen-bond acceptors (Lipinski definition) is 2. The molecule has 0 saturated carbocycles. The van der Waals surface area contributed by atoms with Crippen molar-refractivity contribution in [3.05, 3.63) is 40.7 Å². The van der Waals surface area contributed by atoms with Crippen LogP contribution in [0.25, 0.3) is 11.6 Å². The van der Waals surface area contributed by atoms with Crippen LogP contribution in [0.3, 0.4) is 0 Å². The van der Waals surface area contributed by atoms with Crippen LogP contribution in [0.1, 0.15) is 21.7 Å². The first kappa shape index (κ1) is 12.8. The Kier molecular flexibility index (Phi) is 3.45. The molecule has 0 N–H and O–H groups in total. The van der Waals surface area contributed by atoms with E-state index in [1.165, 1.54) is 6.08 Å². The number of carbonyl (C=O) groups is 1. The van der Waals surface area contributed by atoms with Crippen LogP contribution in [0.4, 0.5) is 0 Å². The molecular formula is C10H4Br3N3O. The number of nitrogens with zero attached hydrogens (tertiary/aromatic N) is 3. The average molecular weight is 422 g/mol. The molecular weight excluding hydrogens is 418 g/mol. The van der Waals surface area contributed by atoms with Gasteiger partial charge in [-0.05, 0) is 18.2 Å².